The molecule has 0 spiro atoms. The molecule has 0 N–H and O–H groups in total. The molecule has 0 aliphatic rings. The molecule has 0 fully saturated rings. The third-order valence-corrected chi connectivity index (χ3v) is 3.45. The van der Waals surface area contributed by atoms with Crippen molar-refractivity contribution < 1.29 is 19.1 Å². The maximum atomic E-state index is 12.4. The Kier molecular flexibility index (Phi) is 7.74. The molecule has 0 aromatic carbocycles. The SMILES string of the molecule is CCOC(=O)CCCCC(C(C)=O)C(=O)c1ccnc(Cl)c1. The molecule has 1 aromatic heterocycles. The molecule has 5 nitrogen and oxygen atoms in total. The van der Waals surface area contributed by atoms with Crippen molar-refractivity contribution in [3.8, 4) is 0 Å². The predicted molar refractivity (Wildman–Crippen MR) is 82.8 cm³/mol. The van der Waals surface area contributed by atoms with Gasteiger partial charge in [0.1, 0.15) is 10.9 Å². The van der Waals surface area contributed by atoms with Gasteiger partial charge in [0.05, 0.1) is 12.5 Å². The van der Waals surface area contributed by atoms with Crippen molar-refractivity contribution in [2.45, 2.75) is 39.5 Å². The van der Waals surface area contributed by atoms with Gasteiger partial charge in [-0.05, 0) is 38.8 Å². The lowest BCUT2D eigenvalue weighted by Gasteiger charge is -2.12. The van der Waals surface area contributed by atoms with Gasteiger partial charge < -0.3 is 4.74 Å². The average Bonchev–Trinajstić information content (AvgIpc) is 2.46. The smallest absolute Gasteiger partial charge is 0.305 e. The van der Waals surface area contributed by atoms with E-state index in [-0.39, 0.29) is 22.7 Å². The number of pyridine rings is 1. The third-order valence-electron chi connectivity index (χ3n) is 3.25. The van der Waals surface area contributed by atoms with Gasteiger partial charge in [0.2, 0.25) is 0 Å². The van der Waals surface area contributed by atoms with Crippen LogP contribution in [0.2, 0.25) is 5.15 Å². The zero-order valence-corrected chi connectivity index (χ0v) is 13.6. The maximum absolute atomic E-state index is 12.4. The number of Topliss-reactive ketones (excluding diaryl/α,β-unsaturated/α-hetero) is 2. The number of hydrogen-bond donors (Lipinski definition) is 0. The molecule has 1 unspecified atom stereocenters. The normalized spacial score (nSPS) is 11.8. The number of halogens is 1. The van der Waals surface area contributed by atoms with Gasteiger partial charge in [0.25, 0.3) is 0 Å². The molecule has 0 aliphatic carbocycles. The number of nitrogens with zero attached hydrogens (tertiary/aromatic N) is 1. The van der Waals surface area contributed by atoms with Crippen LogP contribution in [0.1, 0.15) is 49.9 Å². The maximum Gasteiger partial charge on any atom is 0.305 e. The molecule has 1 atom stereocenters. The van der Waals surface area contributed by atoms with Gasteiger partial charge in [-0.3, -0.25) is 14.4 Å². The van der Waals surface area contributed by atoms with Crippen molar-refractivity contribution in [1.82, 2.24) is 4.98 Å². The number of unbranched alkanes of at least 4 members (excludes halogenated alkanes) is 1. The molecule has 6 heteroatoms. The summed E-state index contributed by atoms with van der Waals surface area (Å²) in [5, 5.41) is 0.218. The van der Waals surface area contributed by atoms with Crippen molar-refractivity contribution >= 4 is 29.1 Å². The Labute approximate surface area is 135 Å². The summed E-state index contributed by atoms with van der Waals surface area (Å²) in [7, 11) is 0. The van der Waals surface area contributed by atoms with E-state index in [1.54, 1.807) is 13.0 Å². The molecule has 0 amide bonds. The summed E-state index contributed by atoms with van der Waals surface area (Å²) >= 11 is 5.76. The number of aromatic nitrogens is 1. The first-order valence-corrected chi connectivity index (χ1v) is 7.65. The molecule has 22 heavy (non-hydrogen) atoms. The third kappa shape index (κ3) is 5.93. The van der Waals surface area contributed by atoms with E-state index in [9.17, 15) is 14.4 Å². The minimum Gasteiger partial charge on any atom is -0.466 e. The molecule has 120 valence electrons. The molecule has 1 aromatic rings. The second kappa shape index (κ2) is 9.30. The quantitative estimate of drug-likeness (QED) is 0.229. The number of ketones is 2. The summed E-state index contributed by atoms with van der Waals surface area (Å²) in [5.74, 6) is -1.41. The Bertz CT molecular complexity index is 545. The van der Waals surface area contributed by atoms with Crippen LogP contribution in [-0.4, -0.2) is 29.1 Å². The Hall–Kier alpha value is -1.75. The summed E-state index contributed by atoms with van der Waals surface area (Å²) in [4.78, 5) is 39.1. The van der Waals surface area contributed by atoms with E-state index < -0.39 is 5.92 Å². The van der Waals surface area contributed by atoms with E-state index in [2.05, 4.69) is 4.98 Å². The first kappa shape index (κ1) is 18.3. The van der Waals surface area contributed by atoms with Crippen LogP contribution in [0.25, 0.3) is 0 Å². The van der Waals surface area contributed by atoms with Gasteiger partial charge in [0, 0.05) is 18.2 Å². The Balaban J connectivity index is 2.57. The average molecular weight is 326 g/mol. The summed E-state index contributed by atoms with van der Waals surface area (Å²) < 4.78 is 4.83. The van der Waals surface area contributed by atoms with Gasteiger partial charge in [-0.25, -0.2) is 4.98 Å². The van der Waals surface area contributed by atoms with Crippen molar-refractivity contribution in [3.05, 3.63) is 29.0 Å². The molecule has 0 radical (unpaired) electrons. The van der Waals surface area contributed by atoms with Crippen molar-refractivity contribution in [2.75, 3.05) is 6.61 Å². The monoisotopic (exact) mass is 325 g/mol. The van der Waals surface area contributed by atoms with Crippen LogP contribution in [-0.2, 0) is 14.3 Å². The minimum absolute atomic E-state index is 0.186. The molecular weight excluding hydrogens is 306 g/mol. The number of ether oxygens (including phenoxy) is 1. The molecule has 0 bridgehead atoms. The second-order valence-electron chi connectivity index (χ2n) is 4.95. The van der Waals surface area contributed by atoms with Crippen molar-refractivity contribution in [3.63, 3.8) is 0 Å². The Morgan fingerprint density at radius 3 is 2.64 bits per heavy atom. The van der Waals surface area contributed by atoms with E-state index in [0.717, 1.165) is 0 Å². The highest BCUT2D eigenvalue weighted by molar-refractivity contribution is 6.29. The highest BCUT2D eigenvalue weighted by Crippen LogP contribution is 2.19. The van der Waals surface area contributed by atoms with Gasteiger partial charge in [-0.2, -0.15) is 0 Å². The largest absolute Gasteiger partial charge is 0.466 e. The predicted octanol–water partition coefficient (Wildman–Crippen LogP) is 3.25. The van der Waals surface area contributed by atoms with Crippen LogP contribution in [0.15, 0.2) is 18.3 Å². The van der Waals surface area contributed by atoms with Gasteiger partial charge >= 0.3 is 5.97 Å². The number of carbonyl (C=O) groups is 3. The highest BCUT2D eigenvalue weighted by Gasteiger charge is 2.24. The Morgan fingerprint density at radius 1 is 1.32 bits per heavy atom. The van der Waals surface area contributed by atoms with Crippen LogP contribution in [0, 0.1) is 5.92 Å². The zero-order chi connectivity index (χ0) is 16.5. The second-order valence-corrected chi connectivity index (χ2v) is 5.33. The molecule has 0 saturated heterocycles. The fourth-order valence-corrected chi connectivity index (χ4v) is 2.30. The fourth-order valence-electron chi connectivity index (χ4n) is 2.13. The van der Waals surface area contributed by atoms with Crippen molar-refractivity contribution in [1.29, 1.82) is 0 Å². The van der Waals surface area contributed by atoms with Crippen LogP contribution in [0.3, 0.4) is 0 Å². The summed E-state index contributed by atoms with van der Waals surface area (Å²) in [6.07, 6.45) is 3.34. The topological polar surface area (TPSA) is 73.3 Å². The van der Waals surface area contributed by atoms with Crippen molar-refractivity contribution in [2.24, 2.45) is 5.92 Å². The number of rotatable bonds is 9. The first-order valence-electron chi connectivity index (χ1n) is 7.27. The summed E-state index contributed by atoms with van der Waals surface area (Å²) in [6, 6.07) is 3.00. The Morgan fingerprint density at radius 2 is 2.05 bits per heavy atom. The molecule has 1 rings (SSSR count). The summed E-state index contributed by atoms with van der Waals surface area (Å²) in [6.45, 7) is 3.51. The molecular formula is C16H20ClNO4. The van der Waals surface area contributed by atoms with Crippen LogP contribution in [0.4, 0.5) is 0 Å². The fraction of sp³-hybridized carbons (Fsp3) is 0.500. The van der Waals surface area contributed by atoms with E-state index in [0.29, 0.717) is 37.9 Å². The lowest BCUT2D eigenvalue weighted by Crippen LogP contribution is -2.22. The number of hydrogen-bond acceptors (Lipinski definition) is 5. The van der Waals surface area contributed by atoms with Crippen LogP contribution in [0.5, 0.6) is 0 Å². The van der Waals surface area contributed by atoms with Gasteiger partial charge in [-0.15, -0.1) is 0 Å². The zero-order valence-electron chi connectivity index (χ0n) is 12.8. The van der Waals surface area contributed by atoms with Gasteiger partial charge in [0.15, 0.2) is 5.78 Å². The van der Waals surface area contributed by atoms with E-state index in [4.69, 9.17) is 16.3 Å². The standard InChI is InChI=1S/C16H20ClNO4/c1-3-22-15(20)7-5-4-6-13(11(2)19)16(21)12-8-9-18-14(17)10-12/h8-10,13H,3-7H2,1-2H3. The first-order chi connectivity index (χ1) is 10.5. The summed E-state index contributed by atoms with van der Waals surface area (Å²) in [5.41, 5.74) is 0.380. The number of carbonyl (C=O) groups excluding carboxylic acids is 3. The highest BCUT2D eigenvalue weighted by atomic mass is 35.5. The lowest BCUT2D eigenvalue weighted by atomic mass is 9.90. The molecule has 1 heterocycles. The van der Waals surface area contributed by atoms with E-state index in [1.165, 1.54) is 19.2 Å². The van der Waals surface area contributed by atoms with E-state index >= 15 is 0 Å². The molecule has 0 aliphatic heterocycles. The lowest BCUT2D eigenvalue weighted by molar-refractivity contribution is -0.143. The molecule has 0 saturated carbocycles. The minimum atomic E-state index is -0.708. The van der Waals surface area contributed by atoms with Gasteiger partial charge in [-0.1, -0.05) is 18.0 Å². The number of esters is 1. The van der Waals surface area contributed by atoms with Crippen LogP contribution < -0.4 is 0 Å². The van der Waals surface area contributed by atoms with Crippen LogP contribution >= 0.6 is 11.6 Å². The van der Waals surface area contributed by atoms with E-state index in [1.807, 2.05) is 0 Å².